The number of hydrogen-bond donors (Lipinski definition) is 0. The number of halogens is 5. The molecule has 0 saturated heterocycles. The highest BCUT2D eigenvalue weighted by Crippen LogP contribution is 2.38. The van der Waals surface area contributed by atoms with Gasteiger partial charge in [-0.15, -0.1) is 10.2 Å². The van der Waals surface area contributed by atoms with Gasteiger partial charge in [0.25, 0.3) is 0 Å². The molecule has 1 unspecified atom stereocenters. The minimum Gasteiger partial charge on any atom is -0.270 e. The third-order valence-corrected chi connectivity index (χ3v) is 5.19. The van der Waals surface area contributed by atoms with Crippen LogP contribution in [0.2, 0.25) is 10.0 Å². The van der Waals surface area contributed by atoms with Crippen molar-refractivity contribution < 1.29 is 13.2 Å². The van der Waals surface area contributed by atoms with Crippen LogP contribution < -0.4 is 0 Å². The molecule has 0 N–H and O–H groups in total. The molecule has 0 amide bonds. The van der Waals surface area contributed by atoms with E-state index in [4.69, 9.17) is 28.5 Å². The maximum atomic E-state index is 13.3. The Hall–Kier alpha value is -2.21. The van der Waals surface area contributed by atoms with Crippen LogP contribution in [0.25, 0.3) is 17.1 Å². The van der Waals surface area contributed by atoms with Crippen molar-refractivity contribution in [2.75, 3.05) is 0 Å². The zero-order valence-electron chi connectivity index (χ0n) is 14.2. The summed E-state index contributed by atoms with van der Waals surface area (Å²) in [7, 11) is 0. The second kappa shape index (κ2) is 8.03. The lowest BCUT2D eigenvalue weighted by atomic mass is 10.1. The summed E-state index contributed by atoms with van der Waals surface area (Å²) >= 11 is 12.9. The summed E-state index contributed by atoms with van der Waals surface area (Å²) in [5, 5.41) is 17.1. The zero-order chi connectivity index (χ0) is 20.5. The van der Waals surface area contributed by atoms with Crippen LogP contribution in [-0.2, 0) is 6.18 Å². The predicted octanol–water partition coefficient (Wildman–Crippen LogP) is 6.26. The van der Waals surface area contributed by atoms with E-state index in [-0.39, 0.29) is 10.8 Å². The topological polar surface area (TPSA) is 54.5 Å². The molecule has 28 heavy (non-hydrogen) atoms. The van der Waals surface area contributed by atoms with Crippen LogP contribution in [0.5, 0.6) is 0 Å². The van der Waals surface area contributed by atoms with Gasteiger partial charge in [-0.05, 0) is 37.3 Å². The molecule has 0 aliphatic rings. The van der Waals surface area contributed by atoms with Gasteiger partial charge in [-0.3, -0.25) is 4.57 Å². The Morgan fingerprint density at radius 2 is 1.89 bits per heavy atom. The highest BCUT2D eigenvalue weighted by molar-refractivity contribution is 8.00. The van der Waals surface area contributed by atoms with E-state index >= 15 is 0 Å². The van der Waals surface area contributed by atoms with Crippen LogP contribution in [0, 0.1) is 11.3 Å². The summed E-state index contributed by atoms with van der Waals surface area (Å²) < 4.78 is 41.4. The summed E-state index contributed by atoms with van der Waals surface area (Å²) in [5.41, 5.74) is -0.231. The van der Waals surface area contributed by atoms with Gasteiger partial charge in [-0.1, -0.05) is 47.1 Å². The van der Waals surface area contributed by atoms with Gasteiger partial charge in [0.05, 0.1) is 27.6 Å². The van der Waals surface area contributed by atoms with Crippen molar-refractivity contribution in [2.45, 2.75) is 23.5 Å². The molecule has 4 nitrogen and oxygen atoms in total. The Kier molecular flexibility index (Phi) is 5.89. The summed E-state index contributed by atoms with van der Waals surface area (Å²) in [4.78, 5) is 0. The molecule has 0 saturated carbocycles. The van der Waals surface area contributed by atoms with Crippen LogP contribution in [0.4, 0.5) is 13.2 Å². The lowest BCUT2D eigenvalue weighted by molar-refractivity contribution is -0.137. The largest absolute Gasteiger partial charge is 0.417 e. The van der Waals surface area contributed by atoms with Crippen molar-refractivity contribution in [3.8, 4) is 23.1 Å². The molecule has 0 aliphatic heterocycles. The maximum absolute atomic E-state index is 13.3. The molecule has 1 atom stereocenters. The molecule has 0 aliphatic carbocycles. The Bertz CT molecular complexity index is 1060. The molecule has 0 bridgehead atoms. The molecule has 0 fully saturated rings. The SMILES string of the molecule is CC(C#N)Sc1nnc(-c2cccc(Cl)c2)n1-c1ccc(Cl)c(C(F)(F)F)c1. The molecule has 0 spiro atoms. The second-order valence-electron chi connectivity index (χ2n) is 5.70. The Labute approximate surface area is 172 Å². The number of nitriles is 1. The Morgan fingerprint density at radius 3 is 2.54 bits per heavy atom. The average Bonchev–Trinajstić information content (AvgIpc) is 3.04. The smallest absolute Gasteiger partial charge is 0.270 e. The fourth-order valence-corrected chi connectivity index (χ4v) is 3.62. The molecular formula is C18H11Cl2F3N4S. The van der Waals surface area contributed by atoms with E-state index in [1.54, 1.807) is 31.2 Å². The number of aromatic nitrogens is 3. The molecule has 0 radical (unpaired) electrons. The fourth-order valence-electron chi connectivity index (χ4n) is 2.45. The van der Waals surface area contributed by atoms with Crippen LogP contribution >= 0.6 is 35.0 Å². The van der Waals surface area contributed by atoms with E-state index in [2.05, 4.69) is 16.3 Å². The van der Waals surface area contributed by atoms with Crippen LogP contribution in [0.1, 0.15) is 12.5 Å². The molecule has 1 aromatic heterocycles. The normalized spacial score (nSPS) is 12.6. The lowest BCUT2D eigenvalue weighted by Crippen LogP contribution is -2.08. The number of alkyl halides is 3. The summed E-state index contributed by atoms with van der Waals surface area (Å²) in [5.74, 6) is 0.297. The first-order valence-electron chi connectivity index (χ1n) is 7.85. The van der Waals surface area contributed by atoms with Gasteiger partial charge in [0.2, 0.25) is 0 Å². The number of nitrogens with zero attached hydrogens (tertiary/aromatic N) is 4. The molecular weight excluding hydrogens is 432 g/mol. The van der Waals surface area contributed by atoms with Gasteiger partial charge in [0.1, 0.15) is 0 Å². The quantitative estimate of drug-likeness (QED) is 0.447. The summed E-state index contributed by atoms with van der Waals surface area (Å²) in [6, 6.07) is 12.3. The van der Waals surface area contributed by atoms with Crippen molar-refractivity contribution in [1.29, 1.82) is 5.26 Å². The zero-order valence-corrected chi connectivity index (χ0v) is 16.5. The van der Waals surface area contributed by atoms with Crippen molar-refractivity contribution in [3.63, 3.8) is 0 Å². The summed E-state index contributed by atoms with van der Waals surface area (Å²) in [6.07, 6.45) is -4.62. The first kappa shape index (κ1) is 20.5. The summed E-state index contributed by atoms with van der Waals surface area (Å²) in [6.45, 7) is 1.66. The molecule has 10 heteroatoms. The third kappa shape index (κ3) is 4.27. The van der Waals surface area contributed by atoms with E-state index in [0.717, 1.165) is 17.8 Å². The van der Waals surface area contributed by atoms with Crippen LogP contribution in [0.3, 0.4) is 0 Å². The first-order valence-corrected chi connectivity index (χ1v) is 9.49. The Balaban J connectivity index is 2.23. The standard InChI is InChI=1S/C18H11Cl2F3N4S/c1-10(9-24)28-17-26-25-16(11-3-2-4-12(19)7-11)27(17)13-5-6-15(20)14(8-13)18(21,22)23/h2-8,10H,1H3. The monoisotopic (exact) mass is 442 g/mol. The van der Waals surface area contributed by atoms with E-state index in [1.165, 1.54) is 16.7 Å². The van der Waals surface area contributed by atoms with Gasteiger partial charge < -0.3 is 0 Å². The second-order valence-corrected chi connectivity index (χ2v) is 7.85. The van der Waals surface area contributed by atoms with Gasteiger partial charge in [-0.2, -0.15) is 18.4 Å². The third-order valence-electron chi connectivity index (χ3n) is 3.69. The number of rotatable bonds is 4. The van der Waals surface area contributed by atoms with Crippen molar-refractivity contribution in [3.05, 3.63) is 58.1 Å². The van der Waals surface area contributed by atoms with E-state index in [0.29, 0.717) is 16.4 Å². The van der Waals surface area contributed by atoms with Crippen molar-refractivity contribution in [2.24, 2.45) is 0 Å². The van der Waals surface area contributed by atoms with Crippen LogP contribution in [0.15, 0.2) is 47.6 Å². The number of hydrogen-bond acceptors (Lipinski definition) is 4. The van der Waals surface area contributed by atoms with E-state index < -0.39 is 22.0 Å². The molecule has 2 aromatic carbocycles. The highest BCUT2D eigenvalue weighted by Gasteiger charge is 2.34. The van der Waals surface area contributed by atoms with Gasteiger partial charge >= 0.3 is 6.18 Å². The maximum Gasteiger partial charge on any atom is 0.417 e. The Morgan fingerprint density at radius 1 is 1.14 bits per heavy atom. The van der Waals surface area contributed by atoms with E-state index in [1.807, 2.05) is 0 Å². The van der Waals surface area contributed by atoms with Gasteiger partial charge in [0, 0.05) is 10.6 Å². The molecule has 1 heterocycles. The molecule has 3 aromatic rings. The number of thioether (sulfide) groups is 1. The minimum absolute atomic E-state index is 0.171. The van der Waals surface area contributed by atoms with Gasteiger partial charge in [0.15, 0.2) is 11.0 Å². The molecule has 3 rings (SSSR count). The van der Waals surface area contributed by atoms with Crippen molar-refractivity contribution in [1.82, 2.24) is 14.8 Å². The minimum atomic E-state index is -4.62. The highest BCUT2D eigenvalue weighted by atomic mass is 35.5. The lowest BCUT2D eigenvalue weighted by Gasteiger charge is -2.15. The predicted molar refractivity (Wildman–Crippen MR) is 103 cm³/mol. The van der Waals surface area contributed by atoms with E-state index in [9.17, 15) is 13.2 Å². The average molecular weight is 443 g/mol. The number of benzene rings is 2. The van der Waals surface area contributed by atoms with Crippen LogP contribution in [-0.4, -0.2) is 20.0 Å². The fraction of sp³-hybridized carbons (Fsp3) is 0.167. The molecule has 144 valence electrons. The first-order chi connectivity index (χ1) is 13.2. The van der Waals surface area contributed by atoms with Crippen molar-refractivity contribution >= 4 is 35.0 Å². The van der Waals surface area contributed by atoms with Gasteiger partial charge in [-0.25, -0.2) is 0 Å².